The van der Waals surface area contributed by atoms with Crippen LogP contribution in [0, 0.1) is 21.4 Å². The van der Waals surface area contributed by atoms with Crippen molar-refractivity contribution in [3.8, 4) is 6.07 Å². The Balaban J connectivity index is 3.36. The summed E-state index contributed by atoms with van der Waals surface area (Å²) >= 11 is 0. The molecule has 4 heteroatoms. The topological polar surface area (TPSA) is 66.9 Å². The molecule has 0 aliphatic rings. The Morgan fingerprint density at radius 2 is 2.31 bits per heavy atom. The molecule has 1 aromatic rings. The third-order valence-corrected chi connectivity index (χ3v) is 1.57. The first-order valence-electron chi connectivity index (χ1n) is 3.50. The van der Waals surface area contributed by atoms with Crippen LogP contribution in [-0.4, -0.2) is 4.92 Å². The molecule has 0 spiro atoms. The van der Waals surface area contributed by atoms with E-state index in [0.29, 0.717) is 5.56 Å². The summed E-state index contributed by atoms with van der Waals surface area (Å²) in [5, 5.41) is 19.0. The van der Waals surface area contributed by atoms with Crippen LogP contribution < -0.4 is 0 Å². The first-order chi connectivity index (χ1) is 6.19. The van der Waals surface area contributed by atoms with Crippen molar-refractivity contribution in [2.45, 2.75) is 0 Å². The number of benzene rings is 1. The van der Waals surface area contributed by atoms with Gasteiger partial charge in [0.1, 0.15) is 11.6 Å². The number of nitro groups is 1. The van der Waals surface area contributed by atoms with Crippen molar-refractivity contribution < 1.29 is 4.92 Å². The van der Waals surface area contributed by atoms with E-state index in [1.54, 1.807) is 12.1 Å². The number of rotatable bonds is 2. The molecule has 0 aliphatic carbocycles. The highest BCUT2D eigenvalue weighted by Crippen LogP contribution is 2.19. The summed E-state index contributed by atoms with van der Waals surface area (Å²) in [5.74, 6) is 0. The summed E-state index contributed by atoms with van der Waals surface area (Å²) in [6, 6.07) is 6.10. The Hall–Kier alpha value is -2.15. The van der Waals surface area contributed by atoms with E-state index in [0.717, 1.165) is 0 Å². The van der Waals surface area contributed by atoms with Crippen molar-refractivity contribution in [2.75, 3.05) is 0 Å². The predicted octanol–water partition coefficient (Wildman–Crippen LogP) is 2.11. The van der Waals surface area contributed by atoms with Crippen LogP contribution in [0.3, 0.4) is 0 Å². The Bertz CT molecular complexity index is 405. The minimum atomic E-state index is -0.578. The molecule has 0 saturated carbocycles. The van der Waals surface area contributed by atoms with E-state index in [1.807, 2.05) is 0 Å². The summed E-state index contributed by atoms with van der Waals surface area (Å²) in [5.41, 5.74) is 0.515. The smallest absolute Gasteiger partial charge is 0.258 e. The highest BCUT2D eigenvalue weighted by Gasteiger charge is 2.12. The van der Waals surface area contributed by atoms with Crippen LogP contribution in [0.1, 0.15) is 11.1 Å². The van der Waals surface area contributed by atoms with E-state index in [9.17, 15) is 10.1 Å². The number of hydrogen-bond acceptors (Lipinski definition) is 3. The second-order valence-corrected chi connectivity index (χ2v) is 2.35. The highest BCUT2D eigenvalue weighted by atomic mass is 16.6. The fourth-order valence-electron chi connectivity index (χ4n) is 0.921. The summed E-state index contributed by atoms with van der Waals surface area (Å²) in [6.07, 6.45) is 1.49. The van der Waals surface area contributed by atoms with Crippen molar-refractivity contribution in [1.82, 2.24) is 0 Å². The molecule has 0 aliphatic heterocycles. The Kier molecular flexibility index (Phi) is 2.41. The van der Waals surface area contributed by atoms with Crippen LogP contribution in [0.25, 0.3) is 6.08 Å². The standard InChI is InChI=1S/C9H6N2O2/c1-2-7-3-4-8(6-10)9(5-7)11(12)13/h2-5H,1H2. The van der Waals surface area contributed by atoms with Crippen LogP contribution >= 0.6 is 0 Å². The normalized spacial score (nSPS) is 8.85. The molecule has 0 saturated heterocycles. The number of nitro benzene ring substituents is 1. The van der Waals surface area contributed by atoms with Crippen molar-refractivity contribution in [1.29, 1.82) is 5.26 Å². The first-order valence-corrected chi connectivity index (χ1v) is 3.50. The molecule has 0 N–H and O–H groups in total. The van der Waals surface area contributed by atoms with E-state index in [4.69, 9.17) is 5.26 Å². The highest BCUT2D eigenvalue weighted by molar-refractivity contribution is 5.58. The molecule has 0 aromatic heterocycles. The van der Waals surface area contributed by atoms with Gasteiger partial charge < -0.3 is 0 Å². The van der Waals surface area contributed by atoms with E-state index < -0.39 is 4.92 Å². The fraction of sp³-hybridized carbons (Fsp3) is 0. The Morgan fingerprint density at radius 1 is 1.62 bits per heavy atom. The minimum absolute atomic E-state index is 0.0654. The predicted molar refractivity (Wildman–Crippen MR) is 47.9 cm³/mol. The second kappa shape index (κ2) is 3.50. The van der Waals surface area contributed by atoms with E-state index in [2.05, 4.69) is 6.58 Å². The van der Waals surface area contributed by atoms with Crippen LogP contribution in [0.5, 0.6) is 0 Å². The van der Waals surface area contributed by atoms with E-state index in [-0.39, 0.29) is 11.3 Å². The minimum Gasteiger partial charge on any atom is -0.258 e. The molecule has 0 atom stereocenters. The molecular weight excluding hydrogens is 168 g/mol. The molecule has 1 rings (SSSR count). The average molecular weight is 174 g/mol. The van der Waals surface area contributed by atoms with Crippen molar-refractivity contribution in [2.24, 2.45) is 0 Å². The third kappa shape index (κ3) is 1.71. The number of nitriles is 1. The molecule has 64 valence electrons. The first kappa shape index (κ1) is 8.94. The van der Waals surface area contributed by atoms with Gasteiger partial charge in [0, 0.05) is 6.07 Å². The van der Waals surface area contributed by atoms with Crippen LogP contribution in [0.15, 0.2) is 24.8 Å². The maximum atomic E-state index is 10.5. The summed E-state index contributed by atoms with van der Waals surface area (Å²) in [7, 11) is 0. The third-order valence-electron chi connectivity index (χ3n) is 1.57. The van der Waals surface area contributed by atoms with E-state index >= 15 is 0 Å². The zero-order valence-corrected chi connectivity index (χ0v) is 6.73. The van der Waals surface area contributed by atoms with Crippen molar-refractivity contribution >= 4 is 11.8 Å². The van der Waals surface area contributed by atoms with Gasteiger partial charge in [0.2, 0.25) is 0 Å². The lowest BCUT2D eigenvalue weighted by Crippen LogP contribution is -1.92. The van der Waals surface area contributed by atoms with Crippen LogP contribution in [-0.2, 0) is 0 Å². The van der Waals surface area contributed by atoms with Crippen LogP contribution in [0.2, 0.25) is 0 Å². The van der Waals surface area contributed by atoms with Crippen LogP contribution in [0.4, 0.5) is 5.69 Å². The molecule has 0 amide bonds. The number of hydrogen-bond donors (Lipinski definition) is 0. The lowest BCUT2D eigenvalue weighted by atomic mass is 10.1. The van der Waals surface area contributed by atoms with Gasteiger partial charge in [-0.1, -0.05) is 18.7 Å². The summed E-state index contributed by atoms with van der Waals surface area (Å²) in [4.78, 5) is 9.89. The van der Waals surface area contributed by atoms with Crippen molar-refractivity contribution in [3.63, 3.8) is 0 Å². The molecule has 0 fully saturated rings. The molecule has 0 unspecified atom stereocenters. The maximum Gasteiger partial charge on any atom is 0.287 e. The maximum absolute atomic E-state index is 10.5. The zero-order chi connectivity index (χ0) is 9.84. The molecule has 0 heterocycles. The molecule has 1 aromatic carbocycles. The number of nitrogens with zero attached hydrogens (tertiary/aromatic N) is 2. The monoisotopic (exact) mass is 174 g/mol. The van der Waals surface area contributed by atoms with Gasteiger partial charge in [-0.25, -0.2) is 0 Å². The van der Waals surface area contributed by atoms with Gasteiger partial charge in [0.05, 0.1) is 4.92 Å². The average Bonchev–Trinajstić information content (AvgIpc) is 2.16. The lowest BCUT2D eigenvalue weighted by Gasteiger charge is -1.95. The fourth-order valence-corrected chi connectivity index (χ4v) is 0.921. The lowest BCUT2D eigenvalue weighted by molar-refractivity contribution is -0.385. The van der Waals surface area contributed by atoms with Gasteiger partial charge in [-0.2, -0.15) is 5.26 Å². The van der Waals surface area contributed by atoms with Gasteiger partial charge in [0.25, 0.3) is 5.69 Å². The Morgan fingerprint density at radius 3 is 2.77 bits per heavy atom. The largest absolute Gasteiger partial charge is 0.287 e. The molecule has 0 bridgehead atoms. The molecule has 4 nitrogen and oxygen atoms in total. The van der Waals surface area contributed by atoms with Gasteiger partial charge in [-0.15, -0.1) is 0 Å². The van der Waals surface area contributed by atoms with Crippen molar-refractivity contribution in [3.05, 3.63) is 46.0 Å². The quantitative estimate of drug-likeness (QED) is 0.509. The second-order valence-electron chi connectivity index (χ2n) is 2.35. The zero-order valence-electron chi connectivity index (χ0n) is 6.73. The summed E-state index contributed by atoms with van der Waals surface area (Å²) < 4.78 is 0. The van der Waals surface area contributed by atoms with E-state index in [1.165, 1.54) is 18.2 Å². The molecular formula is C9H6N2O2. The van der Waals surface area contributed by atoms with Gasteiger partial charge in [-0.05, 0) is 11.6 Å². The van der Waals surface area contributed by atoms with Gasteiger partial charge in [0.15, 0.2) is 0 Å². The summed E-state index contributed by atoms with van der Waals surface area (Å²) in [6.45, 7) is 3.48. The molecule has 13 heavy (non-hydrogen) atoms. The SMILES string of the molecule is C=Cc1ccc(C#N)c([N+](=O)[O-])c1. The Labute approximate surface area is 74.9 Å². The van der Waals surface area contributed by atoms with Gasteiger partial charge >= 0.3 is 0 Å². The van der Waals surface area contributed by atoms with Gasteiger partial charge in [-0.3, -0.25) is 10.1 Å². The molecule has 0 radical (unpaired) electrons.